The van der Waals surface area contributed by atoms with Crippen molar-refractivity contribution in [2.45, 2.75) is 16.5 Å². The van der Waals surface area contributed by atoms with Gasteiger partial charge in [-0.2, -0.15) is 5.26 Å². The summed E-state index contributed by atoms with van der Waals surface area (Å²) in [6.45, 7) is 0. The number of nitrogens with zero attached hydrogens (tertiary/aromatic N) is 2. The molecule has 0 fully saturated rings. The van der Waals surface area contributed by atoms with E-state index >= 15 is 0 Å². The van der Waals surface area contributed by atoms with Crippen molar-refractivity contribution in [1.29, 1.82) is 5.26 Å². The third-order valence-corrected chi connectivity index (χ3v) is 2.86. The summed E-state index contributed by atoms with van der Waals surface area (Å²) in [6, 6.07) is 7.63. The molecule has 0 saturated carbocycles. The summed E-state index contributed by atoms with van der Waals surface area (Å²) >= 11 is 1.40. The van der Waals surface area contributed by atoms with Crippen LogP contribution in [-0.2, 0) is 6.42 Å². The van der Waals surface area contributed by atoms with E-state index in [1.165, 1.54) is 18.0 Å². The van der Waals surface area contributed by atoms with E-state index in [-0.39, 0.29) is 0 Å². The van der Waals surface area contributed by atoms with Crippen LogP contribution < -0.4 is 5.73 Å². The number of nitriles is 1. The molecule has 0 aliphatic rings. The minimum atomic E-state index is 0.311. The first kappa shape index (κ1) is 10.6. The van der Waals surface area contributed by atoms with Crippen LogP contribution >= 0.6 is 11.8 Å². The summed E-state index contributed by atoms with van der Waals surface area (Å²) in [4.78, 5) is 4.97. The van der Waals surface area contributed by atoms with Crippen molar-refractivity contribution >= 4 is 17.4 Å². The summed E-state index contributed by atoms with van der Waals surface area (Å²) in [7, 11) is 0. The quantitative estimate of drug-likeness (QED) is 0.821. The fourth-order valence-electron chi connectivity index (χ4n) is 1.25. The van der Waals surface area contributed by atoms with Gasteiger partial charge >= 0.3 is 0 Å². The number of hydrogen-bond donors (Lipinski definition) is 1. The topological polar surface area (TPSA) is 75.8 Å². The minimum absolute atomic E-state index is 0.311. The molecule has 1 heterocycles. The van der Waals surface area contributed by atoms with Crippen molar-refractivity contribution in [3.05, 3.63) is 36.2 Å². The molecule has 4 nitrogen and oxygen atoms in total. The van der Waals surface area contributed by atoms with E-state index in [0.717, 1.165) is 10.5 Å². The van der Waals surface area contributed by atoms with Crippen molar-refractivity contribution in [3.63, 3.8) is 0 Å². The van der Waals surface area contributed by atoms with E-state index in [9.17, 15) is 0 Å². The maximum Gasteiger partial charge on any atom is 0.260 e. The van der Waals surface area contributed by atoms with Crippen LogP contribution in [-0.4, -0.2) is 4.98 Å². The summed E-state index contributed by atoms with van der Waals surface area (Å²) in [5.74, 6) is 0. The molecule has 1 aromatic heterocycles. The zero-order valence-corrected chi connectivity index (χ0v) is 9.20. The maximum absolute atomic E-state index is 8.65. The van der Waals surface area contributed by atoms with E-state index in [4.69, 9.17) is 15.4 Å². The summed E-state index contributed by atoms with van der Waals surface area (Å²) in [5, 5.41) is 9.23. The molecule has 0 aliphatic heterocycles. The van der Waals surface area contributed by atoms with Gasteiger partial charge in [0.15, 0.2) is 0 Å². The maximum atomic E-state index is 8.65. The Morgan fingerprint density at radius 3 is 3.06 bits per heavy atom. The lowest BCUT2D eigenvalue weighted by atomic mass is 10.1. The second-order valence-corrected chi connectivity index (χ2v) is 4.12. The number of nitrogens with two attached hydrogens (primary N) is 1. The van der Waals surface area contributed by atoms with Crippen molar-refractivity contribution in [2.75, 3.05) is 5.73 Å². The Kier molecular flexibility index (Phi) is 3.13. The first-order valence-electron chi connectivity index (χ1n) is 4.62. The molecule has 0 spiro atoms. The first-order chi connectivity index (χ1) is 7.79. The SMILES string of the molecule is N#CCc1cc(Sc2ncco2)ccc1N. The molecule has 2 aromatic rings. The highest BCUT2D eigenvalue weighted by atomic mass is 32.2. The van der Waals surface area contributed by atoms with E-state index in [1.54, 1.807) is 12.3 Å². The van der Waals surface area contributed by atoms with Gasteiger partial charge in [-0.25, -0.2) is 4.98 Å². The number of oxazole rings is 1. The molecule has 80 valence electrons. The molecule has 2 N–H and O–H groups in total. The molecule has 0 aliphatic carbocycles. The largest absolute Gasteiger partial charge is 0.440 e. The van der Waals surface area contributed by atoms with Crippen LogP contribution in [0.4, 0.5) is 5.69 Å². The molecule has 2 rings (SSSR count). The Morgan fingerprint density at radius 1 is 1.50 bits per heavy atom. The second kappa shape index (κ2) is 4.73. The van der Waals surface area contributed by atoms with Crippen molar-refractivity contribution in [1.82, 2.24) is 4.98 Å². The van der Waals surface area contributed by atoms with Crippen molar-refractivity contribution in [2.24, 2.45) is 0 Å². The van der Waals surface area contributed by atoms with Crippen LogP contribution in [0.25, 0.3) is 0 Å². The molecule has 0 bridgehead atoms. The highest BCUT2D eigenvalue weighted by molar-refractivity contribution is 7.99. The van der Waals surface area contributed by atoms with Gasteiger partial charge in [-0.15, -0.1) is 0 Å². The van der Waals surface area contributed by atoms with Gasteiger partial charge in [0.05, 0.1) is 18.7 Å². The fourth-order valence-corrected chi connectivity index (χ4v) is 2.00. The van der Waals surface area contributed by atoms with Crippen LogP contribution in [0, 0.1) is 11.3 Å². The molecular formula is C11H9N3OS. The van der Waals surface area contributed by atoms with E-state index in [0.29, 0.717) is 17.3 Å². The number of benzene rings is 1. The molecular weight excluding hydrogens is 222 g/mol. The third kappa shape index (κ3) is 2.35. The predicted octanol–water partition coefficient (Wildman–Crippen LogP) is 2.47. The Morgan fingerprint density at radius 2 is 2.38 bits per heavy atom. The third-order valence-electron chi connectivity index (χ3n) is 2.00. The van der Waals surface area contributed by atoms with Crippen LogP contribution in [0.2, 0.25) is 0 Å². The van der Waals surface area contributed by atoms with E-state index in [2.05, 4.69) is 11.1 Å². The van der Waals surface area contributed by atoms with Crippen LogP contribution in [0.1, 0.15) is 5.56 Å². The molecule has 16 heavy (non-hydrogen) atoms. The van der Waals surface area contributed by atoms with Gasteiger partial charge in [-0.05, 0) is 35.5 Å². The Balaban J connectivity index is 2.23. The van der Waals surface area contributed by atoms with Crippen molar-refractivity contribution in [3.8, 4) is 6.07 Å². The number of rotatable bonds is 3. The van der Waals surface area contributed by atoms with E-state index in [1.807, 2.05) is 12.1 Å². The van der Waals surface area contributed by atoms with Crippen LogP contribution in [0.3, 0.4) is 0 Å². The monoisotopic (exact) mass is 231 g/mol. The molecule has 0 atom stereocenters. The molecule has 1 aromatic carbocycles. The minimum Gasteiger partial charge on any atom is -0.440 e. The molecule has 0 radical (unpaired) electrons. The number of nitrogen functional groups attached to an aromatic ring is 1. The van der Waals surface area contributed by atoms with Gasteiger partial charge in [0.1, 0.15) is 6.26 Å². The van der Waals surface area contributed by atoms with Gasteiger partial charge in [0.25, 0.3) is 5.22 Å². The highest BCUT2D eigenvalue weighted by Gasteiger charge is 2.05. The van der Waals surface area contributed by atoms with Gasteiger partial charge in [0.2, 0.25) is 0 Å². The second-order valence-electron chi connectivity index (χ2n) is 3.10. The zero-order chi connectivity index (χ0) is 11.4. The van der Waals surface area contributed by atoms with Crippen molar-refractivity contribution < 1.29 is 4.42 Å². The smallest absolute Gasteiger partial charge is 0.260 e. The summed E-state index contributed by atoms with van der Waals surface area (Å²) in [6.07, 6.45) is 3.43. The van der Waals surface area contributed by atoms with Crippen LogP contribution in [0.5, 0.6) is 0 Å². The Labute approximate surface area is 97.1 Å². The molecule has 0 amide bonds. The number of aromatic nitrogens is 1. The zero-order valence-electron chi connectivity index (χ0n) is 8.38. The summed E-state index contributed by atoms with van der Waals surface area (Å²) < 4.78 is 5.12. The van der Waals surface area contributed by atoms with Gasteiger partial charge in [0, 0.05) is 10.6 Å². The number of hydrogen-bond acceptors (Lipinski definition) is 5. The highest BCUT2D eigenvalue weighted by Crippen LogP contribution is 2.28. The lowest BCUT2D eigenvalue weighted by molar-refractivity contribution is 0.454. The van der Waals surface area contributed by atoms with Gasteiger partial charge in [-0.3, -0.25) is 0 Å². The average Bonchev–Trinajstić information content (AvgIpc) is 2.76. The molecule has 0 unspecified atom stereocenters. The number of anilines is 1. The molecule has 5 heteroatoms. The first-order valence-corrected chi connectivity index (χ1v) is 5.44. The average molecular weight is 231 g/mol. The Bertz CT molecular complexity index is 517. The van der Waals surface area contributed by atoms with Gasteiger partial charge < -0.3 is 10.2 Å². The normalized spacial score (nSPS) is 9.94. The lowest BCUT2D eigenvalue weighted by Gasteiger charge is -2.03. The van der Waals surface area contributed by atoms with Gasteiger partial charge in [-0.1, -0.05) is 0 Å². The van der Waals surface area contributed by atoms with Crippen LogP contribution in [0.15, 0.2) is 45.2 Å². The fraction of sp³-hybridized carbons (Fsp3) is 0.0909. The standard InChI is InChI=1S/C11H9N3OS/c12-4-3-8-7-9(1-2-10(8)13)16-11-14-5-6-15-11/h1-2,5-7H,3,13H2. The Hall–Kier alpha value is -1.93. The lowest BCUT2D eigenvalue weighted by Crippen LogP contribution is -1.93. The molecule has 0 saturated heterocycles. The van der Waals surface area contributed by atoms with E-state index < -0.39 is 0 Å². The predicted molar refractivity (Wildman–Crippen MR) is 60.8 cm³/mol. The summed E-state index contributed by atoms with van der Waals surface area (Å²) in [5.41, 5.74) is 7.22.